The fourth-order valence-corrected chi connectivity index (χ4v) is 2.89. The van der Waals surface area contributed by atoms with Crippen LogP contribution in [0.3, 0.4) is 0 Å². The number of carbonyl (C=O) groups excluding carboxylic acids is 1. The van der Waals surface area contributed by atoms with Gasteiger partial charge >= 0.3 is 0 Å². The lowest BCUT2D eigenvalue weighted by molar-refractivity contribution is -0.121. The molecule has 1 aliphatic heterocycles. The third-order valence-corrected chi connectivity index (χ3v) is 4.64. The second-order valence-corrected chi connectivity index (χ2v) is 5.93. The predicted octanol–water partition coefficient (Wildman–Crippen LogP) is 2.52. The Kier molecular flexibility index (Phi) is 3.77. The fourth-order valence-electron chi connectivity index (χ4n) is 2.71. The molecule has 0 unspecified atom stereocenters. The molecule has 1 aromatic heterocycles. The van der Waals surface area contributed by atoms with Crippen molar-refractivity contribution in [2.24, 2.45) is 0 Å². The third kappa shape index (κ3) is 2.45. The van der Waals surface area contributed by atoms with Crippen molar-refractivity contribution in [1.82, 2.24) is 19.6 Å². The number of aryl methyl sites for hydroxylation is 1. The summed E-state index contributed by atoms with van der Waals surface area (Å²) in [5, 5.41) is 5.11. The Morgan fingerprint density at radius 1 is 1.09 bits per heavy atom. The molecule has 1 aliphatic rings. The number of para-hydroxylation sites is 1. The van der Waals surface area contributed by atoms with Crippen LogP contribution in [-0.2, 0) is 4.79 Å². The van der Waals surface area contributed by atoms with E-state index in [1.165, 1.54) is 4.90 Å². The average molecular weight is 326 g/mol. The van der Waals surface area contributed by atoms with Gasteiger partial charge < -0.3 is 4.90 Å². The van der Waals surface area contributed by atoms with Gasteiger partial charge in [0.25, 0.3) is 5.91 Å². The summed E-state index contributed by atoms with van der Waals surface area (Å²) in [7, 11) is 3.50. The number of hydrogen-bond donors (Lipinski definition) is 0. The molecule has 3 rings (SSSR count). The van der Waals surface area contributed by atoms with Crippen molar-refractivity contribution >= 4 is 29.3 Å². The van der Waals surface area contributed by atoms with Crippen molar-refractivity contribution in [2.45, 2.75) is 13.8 Å². The van der Waals surface area contributed by atoms with E-state index in [4.69, 9.17) is 12.2 Å². The first-order valence-corrected chi connectivity index (χ1v) is 7.71. The highest BCUT2D eigenvalue weighted by molar-refractivity contribution is 7.80. The maximum atomic E-state index is 12.3. The van der Waals surface area contributed by atoms with Crippen molar-refractivity contribution in [2.75, 3.05) is 14.1 Å². The van der Waals surface area contributed by atoms with E-state index in [1.54, 1.807) is 11.9 Å². The van der Waals surface area contributed by atoms with E-state index in [1.807, 2.05) is 62.0 Å². The number of hydrogen-bond acceptors (Lipinski definition) is 3. The Morgan fingerprint density at radius 2 is 1.74 bits per heavy atom. The molecule has 1 amide bonds. The van der Waals surface area contributed by atoms with E-state index in [0.717, 1.165) is 22.6 Å². The van der Waals surface area contributed by atoms with Gasteiger partial charge in [-0.05, 0) is 44.3 Å². The monoisotopic (exact) mass is 326 g/mol. The number of carbonyl (C=O) groups is 1. The van der Waals surface area contributed by atoms with Gasteiger partial charge in [0.05, 0.1) is 11.4 Å². The van der Waals surface area contributed by atoms with E-state index in [-0.39, 0.29) is 5.91 Å². The number of benzene rings is 1. The van der Waals surface area contributed by atoms with Gasteiger partial charge in [0.1, 0.15) is 5.70 Å². The molecular formula is C17H18N4OS. The van der Waals surface area contributed by atoms with Gasteiger partial charge in [-0.15, -0.1) is 0 Å². The van der Waals surface area contributed by atoms with Crippen molar-refractivity contribution in [3.05, 3.63) is 53.0 Å². The standard InChI is InChI=1S/C17H18N4OS/c1-11-14(10-15-16(22)20(4)17(23)19(15)3)12(2)21(18-11)13-8-6-5-7-9-13/h5-10H,1-4H3. The highest BCUT2D eigenvalue weighted by Gasteiger charge is 2.33. The van der Waals surface area contributed by atoms with Gasteiger partial charge in [-0.2, -0.15) is 5.10 Å². The van der Waals surface area contributed by atoms with Gasteiger partial charge in [0.15, 0.2) is 5.11 Å². The summed E-state index contributed by atoms with van der Waals surface area (Å²) < 4.78 is 1.89. The third-order valence-electron chi connectivity index (χ3n) is 4.09. The molecule has 0 saturated carbocycles. The zero-order chi connectivity index (χ0) is 16.7. The summed E-state index contributed by atoms with van der Waals surface area (Å²) in [6.07, 6.45) is 1.87. The predicted molar refractivity (Wildman–Crippen MR) is 94.1 cm³/mol. The highest BCUT2D eigenvalue weighted by Crippen LogP contribution is 2.25. The first kappa shape index (κ1) is 15.4. The minimum absolute atomic E-state index is 0.0937. The second-order valence-electron chi connectivity index (χ2n) is 5.57. The maximum absolute atomic E-state index is 12.3. The summed E-state index contributed by atoms with van der Waals surface area (Å²) in [6, 6.07) is 9.94. The van der Waals surface area contributed by atoms with E-state index in [0.29, 0.717) is 10.8 Å². The molecule has 6 heteroatoms. The summed E-state index contributed by atoms with van der Waals surface area (Å²) in [6.45, 7) is 3.95. The summed E-state index contributed by atoms with van der Waals surface area (Å²) in [5.41, 5.74) is 4.37. The van der Waals surface area contributed by atoms with Gasteiger partial charge in [-0.1, -0.05) is 18.2 Å². The Bertz CT molecular complexity index is 823. The summed E-state index contributed by atoms with van der Waals surface area (Å²) >= 11 is 5.25. The largest absolute Gasteiger partial charge is 0.317 e. The average Bonchev–Trinajstić information content (AvgIpc) is 2.93. The molecular weight excluding hydrogens is 308 g/mol. The quantitative estimate of drug-likeness (QED) is 0.628. The zero-order valence-electron chi connectivity index (χ0n) is 13.6. The SMILES string of the molecule is Cc1nn(-c2ccccc2)c(C)c1C=C1C(=O)N(C)C(=S)N1C. The molecule has 5 nitrogen and oxygen atoms in total. The van der Waals surface area contributed by atoms with Crippen molar-refractivity contribution in [3.8, 4) is 5.69 Å². The van der Waals surface area contributed by atoms with E-state index in [2.05, 4.69) is 5.10 Å². The molecule has 1 aromatic carbocycles. The molecule has 0 atom stereocenters. The number of nitrogens with zero attached hydrogens (tertiary/aromatic N) is 4. The molecule has 0 N–H and O–H groups in total. The topological polar surface area (TPSA) is 41.4 Å². The van der Waals surface area contributed by atoms with Crippen LogP contribution in [0.4, 0.5) is 0 Å². The minimum atomic E-state index is -0.0937. The van der Waals surface area contributed by atoms with Crippen LogP contribution in [0.5, 0.6) is 0 Å². The van der Waals surface area contributed by atoms with Crippen LogP contribution in [0, 0.1) is 13.8 Å². The zero-order valence-corrected chi connectivity index (χ0v) is 14.4. The molecule has 1 fully saturated rings. The van der Waals surface area contributed by atoms with Crippen molar-refractivity contribution in [3.63, 3.8) is 0 Å². The lowest BCUT2D eigenvalue weighted by Gasteiger charge is -2.11. The normalized spacial score (nSPS) is 16.8. The van der Waals surface area contributed by atoms with Gasteiger partial charge in [-0.25, -0.2) is 4.68 Å². The lowest BCUT2D eigenvalue weighted by Crippen LogP contribution is -2.26. The lowest BCUT2D eigenvalue weighted by atomic mass is 10.1. The smallest absolute Gasteiger partial charge is 0.276 e. The van der Waals surface area contributed by atoms with E-state index >= 15 is 0 Å². The maximum Gasteiger partial charge on any atom is 0.276 e. The van der Waals surface area contributed by atoms with Crippen molar-refractivity contribution in [1.29, 1.82) is 0 Å². The van der Waals surface area contributed by atoms with Crippen LogP contribution in [0.25, 0.3) is 11.8 Å². The number of amides is 1. The van der Waals surface area contributed by atoms with E-state index in [9.17, 15) is 4.79 Å². The Balaban J connectivity index is 2.09. The molecule has 0 spiro atoms. The van der Waals surface area contributed by atoms with E-state index < -0.39 is 0 Å². The molecule has 23 heavy (non-hydrogen) atoms. The first-order valence-electron chi connectivity index (χ1n) is 7.31. The van der Waals surface area contributed by atoms with Gasteiger partial charge in [-0.3, -0.25) is 9.69 Å². The number of likely N-dealkylation sites (N-methyl/N-ethyl adjacent to an activating group) is 2. The number of aromatic nitrogens is 2. The number of thiocarbonyl (C=S) groups is 1. The van der Waals surface area contributed by atoms with Gasteiger partial charge in [0, 0.05) is 25.4 Å². The van der Waals surface area contributed by atoms with Crippen LogP contribution in [0.2, 0.25) is 0 Å². The molecule has 118 valence electrons. The fraction of sp³-hybridized carbons (Fsp3) is 0.235. The van der Waals surface area contributed by atoms with Gasteiger partial charge in [0.2, 0.25) is 0 Å². The van der Waals surface area contributed by atoms with Crippen LogP contribution < -0.4 is 0 Å². The molecule has 0 radical (unpaired) electrons. The number of rotatable bonds is 2. The molecule has 2 aromatic rings. The molecule has 2 heterocycles. The Morgan fingerprint density at radius 3 is 2.30 bits per heavy atom. The minimum Gasteiger partial charge on any atom is -0.317 e. The Hall–Kier alpha value is -2.47. The highest BCUT2D eigenvalue weighted by atomic mass is 32.1. The Labute approximate surface area is 140 Å². The first-order chi connectivity index (χ1) is 10.9. The summed E-state index contributed by atoms with van der Waals surface area (Å²) in [4.78, 5) is 15.5. The molecule has 1 saturated heterocycles. The van der Waals surface area contributed by atoms with Crippen LogP contribution in [0.1, 0.15) is 17.0 Å². The molecule has 0 aliphatic carbocycles. The van der Waals surface area contributed by atoms with Crippen molar-refractivity contribution < 1.29 is 4.79 Å². The van der Waals surface area contributed by atoms with Crippen LogP contribution >= 0.6 is 12.2 Å². The van der Waals surface area contributed by atoms with Crippen LogP contribution in [-0.4, -0.2) is 44.7 Å². The second kappa shape index (κ2) is 5.62. The molecule has 0 bridgehead atoms. The summed E-state index contributed by atoms with van der Waals surface area (Å²) in [5.74, 6) is -0.0937. The van der Waals surface area contributed by atoms with Crippen LogP contribution in [0.15, 0.2) is 36.0 Å².